The lowest BCUT2D eigenvalue weighted by Crippen LogP contribution is -2.22. The number of halogens is 1. The molecule has 8 nitrogen and oxygen atoms in total. The summed E-state index contributed by atoms with van der Waals surface area (Å²) in [7, 11) is -1.94. The van der Waals surface area contributed by atoms with E-state index >= 15 is 0 Å². The Hall–Kier alpha value is -3.82. The summed E-state index contributed by atoms with van der Waals surface area (Å²) < 4.78 is 28.0. The van der Waals surface area contributed by atoms with Gasteiger partial charge in [-0.2, -0.15) is 5.10 Å². The Labute approximate surface area is 211 Å². The van der Waals surface area contributed by atoms with E-state index in [9.17, 15) is 18.0 Å². The number of ketones is 1. The quantitative estimate of drug-likeness (QED) is 0.343. The maximum atomic E-state index is 13.9. The van der Waals surface area contributed by atoms with Gasteiger partial charge in [0.2, 0.25) is 0 Å². The number of pyridine rings is 2. The number of carbonyl (C=O) groups is 1. The van der Waals surface area contributed by atoms with Crippen molar-refractivity contribution < 1.29 is 13.2 Å². The molecule has 0 aliphatic carbocycles. The molecule has 0 N–H and O–H groups in total. The molecule has 0 aliphatic rings. The number of aromatic nitrogens is 4. The minimum Gasteiger partial charge on any atom is -0.298 e. The van der Waals surface area contributed by atoms with Crippen LogP contribution >= 0.6 is 11.6 Å². The molecule has 0 spiro atoms. The molecule has 5 rings (SSSR count). The van der Waals surface area contributed by atoms with Crippen LogP contribution in [0.3, 0.4) is 0 Å². The first-order valence-electron chi connectivity index (χ1n) is 11.0. The van der Waals surface area contributed by atoms with Crippen LogP contribution < -0.4 is 5.56 Å². The molecular weight excluding hydrogens is 500 g/mol. The molecule has 0 amide bonds. The largest absolute Gasteiger partial charge is 0.298 e. The van der Waals surface area contributed by atoms with E-state index in [-0.39, 0.29) is 16.8 Å². The zero-order valence-electron chi connectivity index (χ0n) is 19.6. The maximum Gasteiger partial charge on any atom is 0.265 e. The standard InChI is InChI=1S/C26H21ClN4O4S/c1-15(32)25(36(3,34)35)22-10-6-17-14-31(20-9-11-21-18(12-20)13-30(2)29-21)26(33)23(24(17)28-22)16-4-7-19(27)8-5-16/h4-14,25H,1-3H3. The summed E-state index contributed by atoms with van der Waals surface area (Å²) in [5.74, 6) is -0.546. The molecule has 1 unspecified atom stereocenters. The van der Waals surface area contributed by atoms with E-state index < -0.39 is 20.9 Å². The van der Waals surface area contributed by atoms with Crippen LogP contribution in [0.25, 0.3) is 38.6 Å². The van der Waals surface area contributed by atoms with Gasteiger partial charge in [0.1, 0.15) is 0 Å². The van der Waals surface area contributed by atoms with E-state index in [1.165, 1.54) is 17.6 Å². The molecule has 36 heavy (non-hydrogen) atoms. The fourth-order valence-electron chi connectivity index (χ4n) is 4.44. The van der Waals surface area contributed by atoms with Crippen molar-refractivity contribution in [3.05, 3.63) is 88.1 Å². The molecule has 0 saturated heterocycles. The van der Waals surface area contributed by atoms with Crippen molar-refractivity contribution in [3.63, 3.8) is 0 Å². The fraction of sp³-hybridized carbons (Fsp3) is 0.154. The predicted octanol–water partition coefficient (Wildman–Crippen LogP) is 4.27. The first kappa shape index (κ1) is 23.9. The van der Waals surface area contributed by atoms with Crippen LogP contribution in [0.15, 0.2) is 71.8 Å². The number of aryl methyl sites for hydroxylation is 1. The molecule has 182 valence electrons. The van der Waals surface area contributed by atoms with Gasteiger partial charge in [-0.3, -0.25) is 23.8 Å². The number of carbonyl (C=O) groups excluding carboxylic acids is 1. The van der Waals surface area contributed by atoms with Crippen molar-refractivity contribution in [1.29, 1.82) is 0 Å². The minimum absolute atomic E-state index is 0.0710. The summed E-state index contributed by atoms with van der Waals surface area (Å²) in [6, 6.07) is 15.5. The van der Waals surface area contributed by atoms with Crippen LogP contribution in [0.2, 0.25) is 5.02 Å². The Morgan fingerprint density at radius 2 is 1.72 bits per heavy atom. The summed E-state index contributed by atoms with van der Waals surface area (Å²) in [5, 5.41) is 4.94. The second-order valence-corrected chi connectivity index (χ2v) is 11.3. The molecule has 10 heteroatoms. The molecular formula is C26H21ClN4O4S. The van der Waals surface area contributed by atoms with Gasteiger partial charge in [-0.15, -0.1) is 0 Å². The number of nitrogens with zero attached hydrogens (tertiary/aromatic N) is 4. The molecule has 0 radical (unpaired) electrons. The van der Waals surface area contributed by atoms with Crippen molar-refractivity contribution >= 4 is 49.0 Å². The number of sulfone groups is 1. The number of rotatable bonds is 5. The topological polar surface area (TPSA) is 104 Å². The summed E-state index contributed by atoms with van der Waals surface area (Å²) in [5.41, 5.74) is 2.30. The molecule has 0 fully saturated rings. The molecule has 0 saturated carbocycles. The highest BCUT2D eigenvalue weighted by Gasteiger charge is 2.29. The molecule has 2 aromatic carbocycles. The van der Waals surface area contributed by atoms with E-state index in [2.05, 4.69) is 10.1 Å². The first-order chi connectivity index (χ1) is 17.0. The van der Waals surface area contributed by atoms with Crippen LogP contribution in [0.4, 0.5) is 0 Å². The van der Waals surface area contributed by atoms with Crippen molar-refractivity contribution in [2.75, 3.05) is 6.26 Å². The summed E-state index contributed by atoms with van der Waals surface area (Å²) in [6.45, 7) is 1.21. The predicted molar refractivity (Wildman–Crippen MR) is 140 cm³/mol. The minimum atomic E-state index is -3.77. The Balaban J connectivity index is 1.83. The highest BCUT2D eigenvalue weighted by atomic mass is 35.5. The van der Waals surface area contributed by atoms with E-state index in [4.69, 9.17) is 11.6 Å². The lowest BCUT2D eigenvalue weighted by Gasteiger charge is -2.16. The summed E-state index contributed by atoms with van der Waals surface area (Å²) >= 11 is 6.08. The van der Waals surface area contributed by atoms with E-state index in [0.29, 0.717) is 27.2 Å². The zero-order valence-corrected chi connectivity index (χ0v) is 21.2. The van der Waals surface area contributed by atoms with E-state index in [1.807, 2.05) is 31.4 Å². The second-order valence-electron chi connectivity index (χ2n) is 8.73. The Bertz CT molecular complexity index is 1840. The van der Waals surface area contributed by atoms with Crippen LogP contribution in [0.1, 0.15) is 17.9 Å². The average Bonchev–Trinajstić information content (AvgIpc) is 3.17. The van der Waals surface area contributed by atoms with Crippen molar-refractivity contribution in [2.24, 2.45) is 7.05 Å². The lowest BCUT2D eigenvalue weighted by atomic mass is 10.0. The summed E-state index contributed by atoms with van der Waals surface area (Å²) in [4.78, 5) is 30.7. The van der Waals surface area contributed by atoms with Gasteiger partial charge < -0.3 is 0 Å². The van der Waals surface area contributed by atoms with Crippen molar-refractivity contribution in [2.45, 2.75) is 12.2 Å². The fourth-order valence-corrected chi connectivity index (χ4v) is 5.74. The van der Waals surface area contributed by atoms with Gasteiger partial charge in [0, 0.05) is 47.2 Å². The number of hydrogen-bond donors (Lipinski definition) is 0. The van der Waals surface area contributed by atoms with Crippen molar-refractivity contribution in [1.82, 2.24) is 19.3 Å². The van der Waals surface area contributed by atoms with Crippen molar-refractivity contribution in [3.8, 4) is 16.8 Å². The van der Waals surface area contributed by atoms with E-state index in [0.717, 1.165) is 17.2 Å². The Morgan fingerprint density at radius 3 is 2.39 bits per heavy atom. The van der Waals surface area contributed by atoms with Crippen LogP contribution in [-0.2, 0) is 21.7 Å². The van der Waals surface area contributed by atoms with Gasteiger partial charge in [-0.25, -0.2) is 8.42 Å². The average molecular weight is 521 g/mol. The third-order valence-corrected chi connectivity index (χ3v) is 7.65. The van der Waals surface area contributed by atoms with Gasteiger partial charge in [0.05, 0.1) is 22.3 Å². The molecule has 1 atom stereocenters. The molecule has 3 aromatic heterocycles. The SMILES string of the molecule is CC(=O)C(c1ccc2cn(-c3ccc4nn(C)cc4c3)c(=O)c(-c3ccc(Cl)cc3)c2n1)S(C)(=O)=O. The molecule has 0 aliphatic heterocycles. The molecule has 3 heterocycles. The lowest BCUT2D eigenvalue weighted by molar-refractivity contribution is -0.116. The van der Waals surface area contributed by atoms with Crippen LogP contribution in [0, 0.1) is 0 Å². The molecule has 5 aromatic rings. The third kappa shape index (κ3) is 4.20. The highest BCUT2D eigenvalue weighted by molar-refractivity contribution is 7.91. The number of benzene rings is 2. The summed E-state index contributed by atoms with van der Waals surface area (Å²) in [6.07, 6.45) is 4.53. The monoisotopic (exact) mass is 520 g/mol. The molecule has 0 bridgehead atoms. The van der Waals surface area contributed by atoms with Gasteiger partial charge >= 0.3 is 0 Å². The van der Waals surface area contributed by atoms with Gasteiger partial charge in [0.25, 0.3) is 5.56 Å². The van der Waals surface area contributed by atoms with Gasteiger partial charge in [-0.05, 0) is 55.0 Å². The third-order valence-electron chi connectivity index (χ3n) is 5.97. The Kier molecular flexibility index (Phi) is 5.77. The second kappa shape index (κ2) is 8.69. The Morgan fingerprint density at radius 1 is 1.00 bits per heavy atom. The first-order valence-corrected chi connectivity index (χ1v) is 13.3. The van der Waals surface area contributed by atoms with Crippen LogP contribution in [-0.4, -0.2) is 39.8 Å². The number of hydrogen-bond acceptors (Lipinski definition) is 6. The maximum absolute atomic E-state index is 13.9. The smallest absolute Gasteiger partial charge is 0.265 e. The highest BCUT2D eigenvalue weighted by Crippen LogP contribution is 2.30. The zero-order chi connectivity index (χ0) is 25.8. The van der Waals surface area contributed by atoms with Gasteiger partial charge in [0.15, 0.2) is 20.9 Å². The van der Waals surface area contributed by atoms with Crippen LogP contribution in [0.5, 0.6) is 0 Å². The number of fused-ring (bicyclic) bond motifs is 2. The van der Waals surface area contributed by atoms with E-state index in [1.54, 1.807) is 41.2 Å². The van der Waals surface area contributed by atoms with Gasteiger partial charge in [-0.1, -0.05) is 23.7 Å². The normalized spacial score (nSPS) is 12.8. The number of Topliss-reactive ketones (excluding diaryl/α,β-unsaturated/α-hetero) is 1.